The lowest BCUT2D eigenvalue weighted by atomic mass is 10.1. The maximum Gasteiger partial charge on any atom is 0.319 e. The predicted octanol–water partition coefficient (Wildman–Crippen LogP) is 2.90. The summed E-state index contributed by atoms with van der Waals surface area (Å²) in [5, 5.41) is 5.66. The molecule has 3 amide bonds. The van der Waals surface area contributed by atoms with E-state index in [4.69, 9.17) is 9.47 Å². The van der Waals surface area contributed by atoms with Crippen LogP contribution in [0.2, 0.25) is 0 Å². The third kappa shape index (κ3) is 3.81. The number of nitrogens with one attached hydrogen (secondary N) is 2. The van der Waals surface area contributed by atoms with Crippen LogP contribution in [-0.2, 0) is 4.79 Å². The van der Waals surface area contributed by atoms with Gasteiger partial charge in [0.15, 0.2) is 11.5 Å². The first-order valence-corrected chi connectivity index (χ1v) is 8.90. The van der Waals surface area contributed by atoms with E-state index in [1.165, 1.54) is 0 Å². The molecule has 2 heterocycles. The Morgan fingerprint density at radius 3 is 2.89 bits per heavy atom. The Hall–Kier alpha value is -3.22. The van der Waals surface area contributed by atoms with E-state index in [0.717, 1.165) is 16.9 Å². The van der Waals surface area contributed by atoms with Crippen LogP contribution in [0.15, 0.2) is 42.5 Å². The van der Waals surface area contributed by atoms with Gasteiger partial charge < -0.3 is 25.0 Å². The fraction of sp³-hybridized carbons (Fsp3) is 0.300. The number of carbonyl (C=O) groups excluding carboxylic acids is 2. The number of carbonyl (C=O) groups is 2. The molecule has 7 heteroatoms. The second-order valence-corrected chi connectivity index (χ2v) is 6.82. The second kappa shape index (κ2) is 7.19. The summed E-state index contributed by atoms with van der Waals surface area (Å²) in [5.41, 5.74) is 2.61. The lowest BCUT2D eigenvalue weighted by Gasteiger charge is -2.17. The van der Waals surface area contributed by atoms with Gasteiger partial charge in [-0.15, -0.1) is 0 Å². The number of amides is 3. The Labute approximate surface area is 157 Å². The third-order valence-corrected chi connectivity index (χ3v) is 4.70. The van der Waals surface area contributed by atoms with E-state index >= 15 is 0 Å². The molecule has 4 rings (SSSR count). The van der Waals surface area contributed by atoms with Gasteiger partial charge in [0.2, 0.25) is 12.7 Å². The van der Waals surface area contributed by atoms with E-state index in [-0.39, 0.29) is 24.6 Å². The largest absolute Gasteiger partial charge is 0.454 e. The highest BCUT2D eigenvalue weighted by Crippen LogP contribution is 2.37. The zero-order chi connectivity index (χ0) is 18.8. The molecule has 0 spiro atoms. The van der Waals surface area contributed by atoms with Crippen molar-refractivity contribution in [2.24, 2.45) is 5.92 Å². The summed E-state index contributed by atoms with van der Waals surface area (Å²) in [6, 6.07) is 12.8. The highest BCUT2D eigenvalue weighted by atomic mass is 16.7. The Morgan fingerprint density at radius 1 is 1.19 bits per heavy atom. The van der Waals surface area contributed by atoms with Gasteiger partial charge in [-0.1, -0.05) is 12.1 Å². The van der Waals surface area contributed by atoms with Gasteiger partial charge in [0, 0.05) is 42.9 Å². The number of hydrogen-bond donors (Lipinski definition) is 2. The number of aryl methyl sites for hydroxylation is 1. The molecular weight excluding hydrogens is 346 g/mol. The first-order chi connectivity index (χ1) is 13.1. The molecular formula is C20H21N3O4. The normalized spacial score (nSPS) is 17.9. The van der Waals surface area contributed by atoms with Crippen molar-refractivity contribution in [3.05, 3.63) is 48.0 Å². The van der Waals surface area contributed by atoms with Crippen LogP contribution in [-0.4, -0.2) is 31.8 Å². The molecule has 0 bridgehead atoms. The van der Waals surface area contributed by atoms with E-state index in [9.17, 15) is 9.59 Å². The molecule has 1 unspecified atom stereocenters. The number of nitrogens with zero attached hydrogens (tertiary/aromatic N) is 1. The van der Waals surface area contributed by atoms with Gasteiger partial charge >= 0.3 is 6.03 Å². The molecule has 2 N–H and O–H groups in total. The molecule has 1 saturated heterocycles. The molecule has 2 aliphatic heterocycles. The van der Waals surface area contributed by atoms with Crippen LogP contribution in [0.5, 0.6) is 11.5 Å². The van der Waals surface area contributed by atoms with Crippen LogP contribution in [0.3, 0.4) is 0 Å². The topological polar surface area (TPSA) is 79.9 Å². The van der Waals surface area contributed by atoms with Gasteiger partial charge in [0.25, 0.3) is 0 Å². The van der Waals surface area contributed by atoms with Crippen molar-refractivity contribution in [2.45, 2.75) is 13.3 Å². The zero-order valence-electron chi connectivity index (χ0n) is 15.0. The zero-order valence-corrected chi connectivity index (χ0v) is 15.0. The molecule has 0 saturated carbocycles. The smallest absolute Gasteiger partial charge is 0.319 e. The molecule has 1 atom stereocenters. The summed E-state index contributed by atoms with van der Waals surface area (Å²) < 4.78 is 10.7. The molecule has 2 aliphatic rings. The monoisotopic (exact) mass is 367 g/mol. The first kappa shape index (κ1) is 17.2. The number of anilines is 2. The molecule has 2 aromatic rings. The molecule has 0 aliphatic carbocycles. The Kier molecular flexibility index (Phi) is 4.58. The van der Waals surface area contributed by atoms with E-state index in [1.807, 2.05) is 49.4 Å². The standard InChI is InChI=1S/C20H21N3O4/c1-13-3-2-4-15(7-13)22-20(25)21-10-14-8-19(24)23(11-14)16-5-6-17-18(9-16)27-12-26-17/h2-7,9,14H,8,10-12H2,1H3,(H2,21,22,25). The SMILES string of the molecule is Cc1cccc(NC(=O)NCC2CC(=O)N(c3ccc4c(c3)OCO4)C2)c1. The van der Waals surface area contributed by atoms with Crippen LogP contribution < -0.4 is 25.0 Å². The summed E-state index contributed by atoms with van der Waals surface area (Å²) in [6.45, 7) is 3.17. The van der Waals surface area contributed by atoms with Gasteiger partial charge in [0.1, 0.15) is 0 Å². The average Bonchev–Trinajstić information content (AvgIpc) is 3.25. The number of hydrogen-bond acceptors (Lipinski definition) is 4. The van der Waals surface area contributed by atoms with Crippen LogP contribution >= 0.6 is 0 Å². The fourth-order valence-corrected chi connectivity index (χ4v) is 3.36. The van der Waals surface area contributed by atoms with E-state index < -0.39 is 0 Å². The minimum Gasteiger partial charge on any atom is -0.454 e. The molecule has 7 nitrogen and oxygen atoms in total. The van der Waals surface area contributed by atoms with Crippen LogP contribution in [0.25, 0.3) is 0 Å². The van der Waals surface area contributed by atoms with Crippen molar-refractivity contribution >= 4 is 23.3 Å². The molecule has 0 aromatic heterocycles. The van der Waals surface area contributed by atoms with Gasteiger partial charge in [-0.3, -0.25) is 4.79 Å². The number of fused-ring (bicyclic) bond motifs is 1. The van der Waals surface area contributed by atoms with Crippen molar-refractivity contribution in [3.8, 4) is 11.5 Å². The van der Waals surface area contributed by atoms with Gasteiger partial charge in [0.05, 0.1) is 0 Å². The highest BCUT2D eigenvalue weighted by molar-refractivity contribution is 5.96. The number of rotatable bonds is 4. The van der Waals surface area contributed by atoms with Crippen molar-refractivity contribution in [1.82, 2.24) is 5.32 Å². The third-order valence-electron chi connectivity index (χ3n) is 4.70. The predicted molar refractivity (Wildman–Crippen MR) is 101 cm³/mol. The quantitative estimate of drug-likeness (QED) is 0.871. The second-order valence-electron chi connectivity index (χ2n) is 6.82. The van der Waals surface area contributed by atoms with Gasteiger partial charge in [-0.05, 0) is 36.8 Å². The summed E-state index contributed by atoms with van der Waals surface area (Å²) in [7, 11) is 0. The molecule has 2 aromatic carbocycles. The number of ether oxygens (including phenoxy) is 2. The average molecular weight is 367 g/mol. The van der Waals surface area contributed by atoms with Gasteiger partial charge in [-0.25, -0.2) is 4.79 Å². The summed E-state index contributed by atoms with van der Waals surface area (Å²) in [5.74, 6) is 1.45. The lowest BCUT2D eigenvalue weighted by molar-refractivity contribution is -0.117. The summed E-state index contributed by atoms with van der Waals surface area (Å²) in [4.78, 5) is 26.2. The Balaban J connectivity index is 1.32. The number of benzene rings is 2. The van der Waals surface area contributed by atoms with Crippen molar-refractivity contribution in [1.29, 1.82) is 0 Å². The van der Waals surface area contributed by atoms with E-state index in [1.54, 1.807) is 4.90 Å². The number of urea groups is 1. The minimum atomic E-state index is -0.269. The minimum absolute atomic E-state index is 0.0414. The molecule has 1 fully saturated rings. The maximum absolute atomic E-state index is 12.4. The Morgan fingerprint density at radius 2 is 2.04 bits per heavy atom. The molecule has 140 valence electrons. The summed E-state index contributed by atoms with van der Waals surface area (Å²) in [6.07, 6.45) is 0.402. The molecule has 27 heavy (non-hydrogen) atoms. The first-order valence-electron chi connectivity index (χ1n) is 8.90. The van der Waals surface area contributed by atoms with E-state index in [2.05, 4.69) is 10.6 Å². The van der Waals surface area contributed by atoms with Crippen molar-refractivity contribution in [3.63, 3.8) is 0 Å². The summed E-state index contributed by atoms with van der Waals surface area (Å²) >= 11 is 0. The van der Waals surface area contributed by atoms with Crippen molar-refractivity contribution < 1.29 is 19.1 Å². The lowest BCUT2D eigenvalue weighted by Crippen LogP contribution is -2.34. The maximum atomic E-state index is 12.4. The molecule has 0 radical (unpaired) electrons. The van der Waals surface area contributed by atoms with Crippen LogP contribution in [0.1, 0.15) is 12.0 Å². The highest BCUT2D eigenvalue weighted by Gasteiger charge is 2.31. The fourth-order valence-electron chi connectivity index (χ4n) is 3.36. The van der Waals surface area contributed by atoms with E-state index in [0.29, 0.717) is 31.0 Å². The van der Waals surface area contributed by atoms with Crippen LogP contribution in [0.4, 0.5) is 16.2 Å². The van der Waals surface area contributed by atoms with Crippen molar-refractivity contribution in [2.75, 3.05) is 30.1 Å². The Bertz CT molecular complexity index is 883. The van der Waals surface area contributed by atoms with Crippen LogP contribution in [0, 0.1) is 12.8 Å². The van der Waals surface area contributed by atoms with Gasteiger partial charge in [-0.2, -0.15) is 0 Å².